The molecule has 1 unspecified atom stereocenters. The van der Waals surface area contributed by atoms with Gasteiger partial charge in [0.2, 0.25) is 0 Å². The average molecular weight is 283 g/mol. The quantitative estimate of drug-likeness (QED) is 0.832. The van der Waals surface area contributed by atoms with Crippen molar-refractivity contribution in [3.63, 3.8) is 0 Å². The van der Waals surface area contributed by atoms with Crippen molar-refractivity contribution in [2.75, 3.05) is 13.7 Å². The summed E-state index contributed by atoms with van der Waals surface area (Å²) in [7, 11) is 2.02. The average Bonchev–Trinajstić information content (AvgIpc) is 2.46. The second-order valence-electron chi connectivity index (χ2n) is 5.64. The van der Waals surface area contributed by atoms with Crippen LogP contribution in [-0.2, 0) is 6.42 Å². The third-order valence-electron chi connectivity index (χ3n) is 3.65. The number of hydrogen-bond donors (Lipinski definition) is 1. The molecule has 0 aromatic heterocycles. The maximum atomic E-state index is 5.78. The van der Waals surface area contributed by atoms with E-state index in [0.717, 1.165) is 25.2 Å². The minimum absolute atomic E-state index is 0.440. The van der Waals surface area contributed by atoms with Gasteiger partial charge in [0.1, 0.15) is 5.75 Å². The van der Waals surface area contributed by atoms with Crippen molar-refractivity contribution < 1.29 is 4.74 Å². The van der Waals surface area contributed by atoms with Crippen LogP contribution in [0.4, 0.5) is 0 Å². The van der Waals surface area contributed by atoms with Gasteiger partial charge in [-0.2, -0.15) is 0 Å². The first kappa shape index (κ1) is 15.6. The highest BCUT2D eigenvalue weighted by molar-refractivity contribution is 5.29. The Hall–Kier alpha value is -1.80. The van der Waals surface area contributed by atoms with Crippen LogP contribution in [-0.4, -0.2) is 19.7 Å². The summed E-state index contributed by atoms with van der Waals surface area (Å²) in [4.78, 5) is 0. The van der Waals surface area contributed by atoms with Gasteiger partial charge in [-0.25, -0.2) is 0 Å². The summed E-state index contributed by atoms with van der Waals surface area (Å²) in [5.41, 5.74) is 4.06. The Morgan fingerprint density at radius 3 is 2.29 bits per heavy atom. The molecular formula is C19H25NO. The zero-order valence-electron chi connectivity index (χ0n) is 13.2. The molecule has 0 radical (unpaired) electrons. The molecule has 0 fully saturated rings. The van der Waals surface area contributed by atoms with Crippen LogP contribution in [0, 0.1) is 13.8 Å². The zero-order valence-corrected chi connectivity index (χ0v) is 13.2. The molecule has 1 N–H and O–H groups in total. The van der Waals surface area contributed by atoms with Crippen molar-refractivity contribution in [3.8, 4) is 5.75 Å². The zero-order chi connectivity index (χ0) is 15.1. The molecule has 0 saturated carbocycles. The van der Waals surface area contributed by atoms with Crippen LogP contribution in [0.3, 0.4) is 0 Å². The predicted molar refractivity (Wildman–Crippen MR) is 89.0 cm³/mol. The molecular weight excluding hydrogens is 258 g/mol. The summed E-state index contributed by atoms with van der Waals surface area (Å²) < 4.78 is 5.78. The van der Waals surface area contributed by atoms with Gasteiger partial charge in [-0.3, -0.25) is 0 Å². The lowest BCUT2D eigenvalue weighted by Gasteiger charge is -2.17. The summed E-state index contributed by atoms with van der Waals surface area (Å²) in [6.07, 6.45) is 2.04. The summed E-state index contributed by atoms with van der Waals surface area (Å²) in [5, 5.41) is 3.40. The molecule has 1 atom stereocenters. The molecule has 2 nitrogen and oxygen atoms in total. The lowest BCUT2D eigenvalue weighted by Crippen LogP contribution is -2.29. The smallest absolute Gasteiger partial charge is 0.119 e. The van der Waals surface area contributed by atoms with Crippen LogP contribution < -0.4 is 10.1 Å². The molecule has 0 aliphatic carbocycles. The monoisotopic (exact) mass is 283 g/mol. The molecule has 2 rings (SSSR count). The van der Waals surface area contributed by atoms with Gasteiger partial charge < -0.3 is 10.1 Å². The summed E-state index contributed by atoms with van der Waals surface area (Å²) >= 11 is 0. The van der Waals surface area contributed by atoms with Crippen LogP contribution in [0.25, 0.3) is 0 Å². The van der Waals surface area contributed by atoms with E-state index in [0.29, 0.717) is 6.04 Å². The van der Waals surface area contributed by atoms with Gasteiger partial charge in [0, 0.05) is 6.04 Å². The Kier molecular flexibility index (Phi) is 5.82. The van der Waals surface area contributed by atoms with Gasteiger partial charge in [-0.05, 0) is 51.4 Å². The van der Waals surface area contributed by atoms with Crippen LogP contribution in [0.1, 0.15) is 23.1 Å². The first-order chi connectivity index (χ1) is 10.2. The Morgan fingerprint density at radius 1 is 1.00 bits per heavy atom. The third-order valence-corrected chi connectivity index (χ3v) is 3.65. The Balaban J connectivity index is 1.85. The van der Waals surface area contributed by atoms with Crippen molar-refractivity contribution in [1.29, 1.82) is 0 Å². The Bertz CT molecular complexity index is 530. The minimum Gasteiger partial charge on any atom is -0.494 e. The van der Waals surface area contributed by atoms with Gasteiger partial charge in [0.05, 0.1) is 6.61 Å². The largest absolute Gasteiger partial charge is 0.494 e. The second kappa shape index (κ2) is 7.84. The number of para-hydroxylation sites is 1. The molecule has 0 bridgehead atoms. The van der Waals surface area contributed by atoms with Crippen molar-refractivity contribution >= 4 is 0 Å². The van der Waals surface area contributed by atoms with Gasteiger partial charge in [-0.1, -0.05) is 47.5 Å². The first-order valence-electron chi connectivity index (χ1n) is 7.59. The van der Waals surface area contributed by atoms with Gasteiger partial charge in [0.15, 0.2) is 0 Å². The van der Waals surface area contributed by atoms with E-state index >= 15 is 0 Å². The molecule has 112 valence electrons. The molecule has 0 amide bonds. The normalized spacial score (nSPS) is 12.1. The molecule has 2 aromatic carbocycles. The lowest BCUT2D eigenvalue weighted by atomic mass is 10.00. The second-order valence-corrected chi connectivity index (χ2v) is 5.64. The standard InChI is InChI=1S/C19H25NO/c1-15-11-16(2)13-17(12-15)14-18(20-3)9-10-21-19-7-5-4-6-8-19/h4-8,11-13,18,20H,9-10,14H2,1-3H3. The molecule has 0 saturated heterocycles. The number of benzene rings is 2. The summed E-state index contributed by atoms with van der Waals surface area (Å²) in [6.45, 7) is 5.05. The highest BCUT2D eigenvalue weighted by Gasteiger charge is 2.08. The van der Waals surface area contributed by atoms with E-state index in [1.165, 1.54) is 16.7 Å². The van der Waals surface area contributed by atoms with Crippen molar-refractivity contribution in [2.24, 2.45) is 0 Å². The first-order valence-corrected chi connectivity index (χ1v) is 7.59. The topological polar surface area (TPSA) is 21.3 Å². The van der Waals surface area contributed by atoms with Gasteiger partial charge in [0.25, 0.3) is 0 Å². The van der Waals surface area contributed by atoms with E-state index in [-0.39, 0.29) is 0 Å². The third kappa shape index (κ3) is 5.24. The minimum atomic E-state index is 0.440. The number of nitrogens with one attached hydrogen (secondary N) is 1. The predicted octanol–water partition coefficient (Wildman–Crippen LogP) is 3.90. The van der Waals surface area contributed by atoms with Crippen LogP contribution in [0.5, 0.6) is 5.75 Å². The molecule has 0 aliphatic rings. The molecule has 21 heavy (non-hydrogen) atoms. The van der Waals surface area contributed by atoms with Crippen molar-refractivity contribution in [1.82, 2.24) is 5.32 Å². The fraction of sp³-hybridized carbons (Fsp3) is 0.368. The molecule has 0 heterocycles. The Morgan fingerprint density at radius 2 is 1.67 bits per heavy atom. The van der Waals surface area contributed by atoms with Gasteiger partial charge >= 0.3 is 0 Å². The number of ether oxygens (including phenoxy) is 1. The molecule has 2 aromatic rings. The van der Waals surface area contributed by atoms with E-state index in [2.05, 4.69) is 37.4 Å². The van der Waals surface area contributed by atoms with E-state index in [4.69, 9.17) is 4.74 Å². The molecule has 0 spiro atoms. The van der Waals surface area contributed by atoms with E-state index in [9.17, 15) is 0 Å². The number of likely N-dealkylation sites (N-methyl/N-ethyl adjacent to an activating group) is 1. The maximum absolute atomic E-state index is 5.78. The molecule has 0 aliphatic heterocycles. The molecule has 2 heteroatoms. The number of rotatable bonds is 7. The number of aryl methyl sites for hydroxylation is 2. The highest BCUT2D eigenvalue weighted by atomic mass is 16.5. The Labute approximate surface area is 128 Å². The lowest BCUT2D eigenvalue weighted by molar-refractivity contribution is 0.288. The fourth-order valence-electron chi connectivity index (χ4n) is 2.66. The van der Waals surface area contributed by atoms with Crippen molar-refractivity contribution in [2.45, 2.75) is 32.7 Å². The van der Waals surface area contributed by atoms with Gasteiger partial charge in [-0.15, -0.1) is 0 Å². The number of hydrogen-bond acceptors (Lipinski definition) is 2. The van der Waals surface area contributed by atoms with Crippen molar-refractivity contribution in [3.05, 3.63) is 65.2 Å². The summed E-state index contributed by atoms with van der Waals surface area (Å²) in [6, 6.07) is 17.2. The fourth-order valence-corrected chi connectivity index (χ4v) is 2.66. The van der Waals surface area contributed by atoms with Crippen LogP contribution in [0.15, 0.2) is 48.5 Å². The SMILES string of the molecule is CNC(CCOc1ccccc1)Cc1cc(C)cc(C)c1. The van der Waals surface area contributed by atoms with Crippen LogP contribution in [0.2, 0.25) is 0 Å². The maximum Gasteiger partial charge on any atom is 0.119 e. The summed E-state index contributed by atoms with van der Waals surface area (Å²) in [5.74, 6) is 0.943. The van der Waals surface area contributed by atoms with Crippen LogP contribution >= 0.6 is 0 Å². The van der Waals surface area contributed by atoms with E-state index in [1.807, 2.05) is 37.4 Å². The van der Waals surface area contributed by atoms with E-state index in [1.54, 1.807) is 0 Å². The highest BCUT2D eigenvalue weighted by Crippen LogP contribution is 2.13. The van der Waals surface area contributed by atoms with E-state index < -0.39 is 0 Å².